The Morgan fingerprint density at radius 2 is 1.62 bits per heavy atom. The largest absolute Gasteiger partial charge is 0.391 e. The van der Waals surface area contributed by atoms with Crippen LogP contribution in [0.25, 0.3) is 0 Å². The quantitative estimate of drug-likeness (QED) is 0.307. The molecular weight excluding hydrogens is 180 g/mol. The van der Waals surface area contributed by atoms with Gasteiger partial charge >= 0.3 is 0 Å². The van der Waals surface area contributed by atoms with Gasteiger partial charge in [-0.15, -0.1) is 0 Å². The molecule has 0 rings (SSSR count). The van der Waals surface area contributed by atoms with E-state index in [1.807, 2.05) is 0 Å². The van der Waals surface area contributed by atoms with Crippen LogP contribution in [0.2, 0.25) is 0 Å². The molecule has 0 heterocycles. The molecule has 0 aliphatic rings. The van der Waals surface area contributed by atoms with Gasteiger partial charge in [0.15, 0.2) is 5.79 Å². The van der Waals surface area contributed by atoms with Crippen LogP contribution in [0.3, 0.4) is 0 Å². The third-order valence-corrected chi connectivity index (χ3v) is 1.62. The summed E-state index contributed by atoms with van der Waals surface area (Å²) in [5.74, 6) is -4.18. The van der Waals surface area contributed by atoms with Crippen LogP contribution < -0.4 is 0 Å². The summed E-state index contributed by atoms with van der Waals surface area (Å²) < 4.78 is 4.63. The van der Waals surface area contributed by atoms with E-state index in [1.54, 1.807) is 6.92 Å². The Morgan fingerprint density at radius 1 is 1.08 bits per heavy atom. The molecule has 6 heteroatoms. The number of hydrogen-bond acceptors (Lipinski definition) is 6. The van der Waals surface area contributed by atoms with Gasteiger partial charge in [-0.25, -0.2) is 0 Å². The van der Waals surface area contributed by atoms with E-state index in [0.717, 1.165) is 0 Å². The highest BCUT2D eigenvalue weighted by molar-refractivity contribution is 4.67. The first-order chi connectivity index (χ1) is 5.89. The summed E-state index contributed by atoms with van der Waals surface area (Å²) >= 11 is 0. The van der Waals surface area contributed by atoms with E-state index in [1.165, 1.54) is 0 Å². The van der Waals surface area contributed by atoms with Crippen LogP contribution in [0.4, 0.5) is 0 Å². The molecule has 1 atom stereocenters. The van der Waals surface area contributed by atoms with E-state index in [0.29, 0.717) is 0 Å². The normalized spacial score (nSPS) is 17.1. The molecule has 80 valence electrons. The minimum Gasteiger partial charge on any atom is -0.391 e. The topological polar surface area (TPSA) is 110 Å². The lowest BCUT2D eigenvalue weighted by Crippen LogP contribution is -2.45. The number of hydrogen-bond donors (Lipinski definition) is 5. The number of aliphatic hydroxyl groups is 5. The molecule has 0 aromatic carbocycles. The zero-order chi connectivity index (χ0) is 10.5. The third kappa shape index (κ3) is 4.51. The van der Waals surface area contributed by atoms with Crippen molar-refractivity contribution in [1.82, 2.24) is 0 Å². The van der Waals surface area contributed by atoms with E-state index >= 15 is 0 Å². The first-order valence-corrected chi connectivity index (χ1v) is 3.92. The summed E-state index contributed by atoms with van der Waals surface area (Å²) in [6, 6.07) is 0. The van der Waals surface area contributed by atoms with Gasteiger partial charge in [-0.05, 0) is 0 Å². The Balaban J connectivity index is 3.99. The van der Waals surface area contributed by atoms with Crippen molar-refractivity contribution in [1.29, 1.82) is 0 Å². The standard InChI is InChI=1S/C7H16O6/c1-2-7(12,4-9)13-5-6(10,11)3-8/h8-12H,2-5H2,1H3. The fraction of sp³-hybridized carbons (Fsp3) is 1.00. The van der Waals surface area contributed by atoms with Crippen LogP contribution >= 0.6 is 0 Å². The second-order valence-electron chi connectivity index (χ2n) is 2.89. The molecule has 6 nitrogen and oxygen atoms in total. The molecule has 0 aromatic rings. The van der Waals surface area contributed by atoms with Gasteiger partial charge in [0.05, 0.1) is 13.2 Å². The number of aliphatic hydroxyl groups excluding tert-OH is 2. The van der Waals surface area contributed by atoms with Crippen molar-refractivity contribution in [3.63, 3.8) is 0 Å². The summed E-state index contributed by atoms with van der Waals surface area (Å²) in [6.45, 7) is -0.663. The SMILES string of the molecule is CCC(O)(CO)OCC(O)(O)CO. The highest BCUT2D eigenvalue weighted by Crippen LogP contribution is 2.13. The van der Waals surface area contributed by atoms with E-state index in [2.05, 4.69) is 4.74 Å². The van der Waals surface area contributed by atoms with Crippen LogP contribution in [0.15, 0.2) is 0 Å². The van der Waals surface area contributed by atoms with E-state index in [9.17, 15) is 5.11 Å². The van der Waals surface area contributed by atoms with Gasteiger partial charge in [-0.3, -0.25) is 0 Å². The van der Waals surface area contributed by atoms with Crippen molar-refractivity contribution in [3.05, 3.63) is 0 Å². The predicted molar refractivity (Wildman–Crippen MR) is 42.5 cm³/mol. The summed E-state index contributed by atoms with van der Waals surface area (Å²) in [4.78, 5) is 0. The van der Waals surface area contributed by atoms with Crippen molar-refractivity contribution >= 4 is 0 Å². The molecule has 0 aliphatic carbocycles. The molecule has 1 unspecified atom stereocenters. The smallest absolute Gasteiger partial charge is 0.210 e. The van der Waals surface area contributed by atoms with Crippen LogP contribution in [-0.4, -0.2) is 56.9 Å². The van der Waals surface area contributed by atoms with Crippen molar-refractivity contribution in [2.45, 2.75) is 24.9 Å². The average molecular weight is 196 g/mol. The summed E-state index contributed by atoms with van der Waals surface area (Å²) in [5, 5.41) is 44.1. The minimum absolute atomic E-state index is 0.102. The zero-order valence-electron chi connectivity index (χ0n) is 7.47. The van der Waals surface area contributed by atoms with Crippen LogP contribution in [-0.2, 0) is 4.74 Å². The van der Waals surface area contributed by atoms with E-state index in [4.69, 9.17) is 20.4 Å². The molecule has 0 radical (unpaired) electrons. The first-order valence-electron chi connectivity index (χ1n) is 3.92. The molecule has 0 bridgehead atoms. The molecule has 0 aromatic heterocycles. The lowest BCUT2D eigenvalue weighted by molar-refractivity contribution is -0.291. The molecule has 0 saturated carbocycles. The average Bonchev–Trinajstić information content (AvgIpc) is 2.14. The monoisotopic (exact) mass is 196 g/mol. The highest BCUT2D eigenvalue weighted by Gasteiger charge is 2.30. The first kappa shape index (κ1) is 12.8. The lowest BCUT2D eigenvalue weighted by Gasteiger charge is -2.28. The van der Waals surface area contributed by atoms with Gasteiger partial charge in [0.1, 0.15) is 6.61 Å². The fourth-order valence-electron chi connectivity index (χ4n) is 0.555. The van der Waals surface area contributed by atoms with Gasteiger partial charge in [-0.1, -0.05) is 6.92 Å². The maximum Gasteiger partial charge on any atom is 0.210 e. The Bertz CT molecular complexity index is 142. The van der Waals surface area contributed by atoms with Crippen molar-refractivity contribution < 1.29 is 30.3 Å². The summed E-state index contributed by atoms with van der Waals surface area (Å²) in [7, 11) is 0. The highest BCUT2D eigenvalue weighted by atomic mass is 16.7. The number of ether oxygens (including phenoxy) is 1. The lowest BCUT2D eigenvalue weighted by atomic mass is 10.2. The molecule has 0 amide bonds. The Morgan fingerprint density at radius 3 is 1.92 bits per heavy atom. The molecule has 0 saturated heterocycles. The van der Waals surface area contributed by atoms with Gasteiger partial charge in [0, 0.05) is 6.42 Å². The Labute approximate surface area is 76.0 Å². The maximum absolute atomic E-state index is 9.31. The molecule has 0 fully saturated rings. The van der Waals surface area contributed by atoms with Gasteiger partial charge in [0.2, 0.25) is 5.79 Å². The number of rotatable bonds is 6. The second kappa shape index (κ2) is 4.85. The second-order valence-corrected chi connectivity index (χ2v) is 2.89. The molecule has 0 aliphatic heterocycles. The molecule has 13 heavy (non-hydrogen) atoms. The summed E-state index contributed by atoms with van der Waals surface area (Å²) in [6.07, 6.45) is 0.102. The molecular formula is C7H16O6. The minimum atomic E-state index is -2.39. The van der Waals surface area contributed by atoms with Gasteiger partial charge in [-0.2, -0.15) is 0 Å². The van der Waals surface area contributed by atoms with Crippen molar-refractivity contribution in [3.8, 4) is 0 Å². The van der Waals surface area contributed by atoms with Gasteiger partial charge < -0.3 is 30.3 Å². The van der Waals surface area contributed by atoms with Crippen molar-refractivity contribution in [2.75, 3.05) is 19.8 Å². The predicted octanol–water partition coefficient (Wildman–Crippen LogP) is -2.23. The van der Waals surface area contributed by atoms with Gasteiger partial charge in [0.25, 0.3) is 0 Å². The van der Waals surface area contributed by atoms with E-state index in [-0.39, 0.29) is 6.42 Å². The summed E-state index contributed by atoms with van der Waals surface area (Å²) in [5.41, 5.74) is 0. The molecule has 5 N–H and O–H groups in total. The Kier molecular flexibility index (Phi) is 4.76. The fourth-order valence-corrected chi connectivity index (χ4v) is 0.555. The van der Waals surface area contributed by atoms with Crippen molar-refractivity contribution in [2.24, 2.45) is 0 Å². The van der Waals surface area contributed by atoms with Crippen LogP contribution in [0.5, 0.6) is 0 Å². The van der Waals surface area contributed by atoms with E-state index < -0.39 is 31.4 Å². The maximum atomic E-state index is 9.31. The van der Waals surface area contributed by atoms with Crippen LogP contribution in [0.1, 0.15) is 13.3 Å². The molecule has 0 spiro atoms. The Hall–Kier alpha value is -0.240. The third-order valence-electron chi connectivity index (χ3n) is 1.62. The van der Waals surface area contributed by atoms with Crippen LogP contribution in [0, 0.1) is 0 Å². The zero-order valence-corrected chi connectivity index (χ0v) is 7.47.